The van der Waals surface area contributed by atoms with Crippen molar-refractivity contribution in [3.05, 3.63) is 23.5 Å². The molecule has 4 rings (SSSR count). The van der Waals surface area contributed by atoms with Crippen molar-refractivity contribution in [3.63, 3.8) is 0 Å². The van der Waals surface area contributed by atoms with E-state index in [1.165, 1.54) is 6.07 Å². The van der Waals surface area contributed by atoms with Crippen molar-refractivity contribution in [2.24, 2.45) is 0 Å². The third-order valence-corrected chi connectivity index (χ3v) is 5.50. The van der Waals surface area contributed by atoms with E-state index in [0.29, 0.717) is 11.4 Å². The predicted molar refractivity (Wildman–Crippen MR) is 94.7 cm³/mol. The smallest absolute Gasteiger partial charge is 0.229 e. The molecule has 2 aliphatic carbocycles. The Kier molecular flexibility index (Phi) is 4.61. The topological polar surface area (TPSA) is 67.2 Å². The lowest BCUT2D eigenvalue weighted by Gasteiger charge is -2.29. The van der Waals surface area contributed by atoms with Gasteiger partial charge in [0.15, 0.2) is 5.82 Å². The van der Waals surface area contributed by atoms with E-state index in [0.717, 1.165) is 37.7 Å². The molecule has 0 bridgehead atoms. The molecule has 146 valence electrons. The molecule has 8 heteroatoms. The first-order chi connectivity index (χ1) is 12.9. The van der Waals surface area contributed by atoms with Gasteiger partial charge in [-0.05, 0) is 55.7 Å². The molecule has 0 saturated heterocycles. The van der Waals surface area contributed by atoms with Crippen molar-refractivity contribution in [3.8, 4) is 0 Å². The first-order valence-electron chi connectivity index (χ1n) is 9.29. The van der Waals surface area contributed by atoms with Gasteiger partial charge in [0.1, 0.15) is 24.5 Å². The van der Waals surface area contributed by atoms with Crippen LogP contribution in [0.25, 0.3) is 11.0 Å². The van der Waals surface area contributed by atoms with E-state index in [2.05, 4.69) is 10.3 Å². The third kappa shape index (κ3) is 3.42. The second-order valence-electron chi connectivity index (χ2n) is 7.75. The number of nitrogens with zero attached hydrogens (tertiary/aromatic N) is 2. The lowest BCUT2D eigenvalue weighted by molar-refractivity contribution is -0.122. The summed E-state index contributed by atoms with van der Waals surface area (Å²) in [5.41, 5.74) is -0.611. The summed E-state index contributed by atoms with van der Waals surface area (Å²) in [6.07, 6.45) is 4.16. The van der Waals surface area contributed by atoms with Gasteiger partial charge in [-0.15, -0.1) is 0 Å². The standard InChI is InChI=1S/C19H22F3N3O2/c20-9-19(27,10-21)8-16(26)23-18-24-17-14(22)6-12(11-4-5-11)7-15(17)25(18)13-2-1-3-13/h6-7,11,13,27H,1-5,8-10H2,(H,23,24,26). The van der Waals surface area contributed by atoms with Gasteiger partial charge in [-0.2, -0.15) is 0 Å². The summed E-state index contributed by atoms with van der Waals surface area (Å²) in [4.78, 5) is 16.5. The van der Waals surface area contributed by atoms with Crippen molar-refractivity contribution in [2.75, 3.05) is 18.7 Å². The van der Waals surface area contributed by atoms with Gasteiger partial charge in [-0.3, -0.25) is 10.1 Å². The summed E-state index contributed by atoms with van der Waals surface area (Å²) in [7, 11) is 0. The van der Waals surface area contributed by atoms with Gasteiger partial charge in [0.05, 0.1) is 11.9 Å². The lowest BCUT2D eigenvalue weighted by Crippen LogP contribution is -2.38. The van der Waals surface area contributed by atoms with Crippen LogP contribution in [0.5, 0.6) is 0 Å². The fraction of sp³-hybridized carbons (Fsp3) is 0.579. The molecule has 1 heterocycles. The maximum atomic E-state index is 14.6. The molecule has 2 N–H and O–H groups in total. The van der Waals surface area contributed by atoms with E-state index in [-0.39, 0.29) is 17.5 Å². The number of hydrogen-bond donors (Lipinski definition) is 2. The molecule has 2 aromatic rings. The van der Waals surface area contributed by atoms with Crippen LogP contribution in [0.4, 0.5) is 19.1 Å². The van der Waals surface area contributed by atoms with Crippen LogP contribution in [0.2, 0.25) is 0 Å². The third-order valence-electron chi connectivity index (χ3n) is 5.50. The monoisotopic (exact) mass is 381 g/mol. The van der Waals surface area contributed by atoms with Crippen LogP contribution in [-0.4, -0.2) is 39.5 Å². The van der Waals surface area contributed by atoms with E-state index in [9.17, 15) is 23.1 Å². The van der Waals surface area contributed by atoms with Crippen molar-refractivity contribution in [1.82, 2.24) is 9.55 Å². The number of rotatable bonds is 7. The zero-order valence-electron chi connectivity index (χ0n) is 14.9. The maximum absolute atomic E-state index is 14.6. The number of nitrogens with one attached hydrogen (secondary N) is 1. The highest BCUT2D eigenvalue weighted by Crippen LogP contribution is 2.43. The minimum Gasteiger partial charge on any atom is -0.384 e. The number of alkyl halides is 2. The molecule has 0 atom stereocenters. The quantitative estimate of drug-likeness (QED) is 0.767. The van der Waals surface area contributed by atoms with Crippen molar-refractivity contribution in [2.45, 2.75) is 56.1 Å². The first-order valence-corrected chi connectivity index (χ1v) is 9.29. The molecule has 0 radical (unpaired) electrons. The van der Waals surface area contributed by atoms with Crippen LogP contribution in [-0.2, 0) is 4.79 Å². The van der Waals surface area contributed by atoms with E-state index < -0.39 is 37.1 Å². The number of anilines is 1. The molecule has 27 heavy (non-hydrogen) atoms. The van der Waals surface area contributed by atoms with Gasteiger partial charge in [0.2, 0.25) is 11.9 Å². The normalized spacial score (nSPS) is 17.9. The van der Waals surface area contributed by atoms with Crippen LogP contribution in [0.3, 0.4) is 0 Å². The average molecular weight is 381 g/mol. The zero-order chi connectivity index (χ0) is 19.2. The Morgan fingerprint density at radius 3 is 2.52 bits per heavy atom. The molecular weight excluding hydrogens is 359 g/mol. The van der Waals surface area contributed by atoms with Gasteiger partial charge in [0.25, 0.3) is 0 Å². The fourth-order valence-electron chi connectivity index (χ4n) is 3.53. The summed E-state index contributed by atoms with van der Waals surface area (Å²) in [6, 6.07) is 3.52. The average Bonchev–Trinajstić information content (AvgIpc) is 3.39. The van der Waals surface area contributed by atoms with Crippen molar-refractivity contribution in [1.29, 1.82) is 0 Å². The highest BCUT2D eigenvalue weighted by atomic mass is 19.1. The van der Waals surface area contributed by atoms with E-state index in [1.807, 2.05) is 10.6 Å². The van der Waals surface area contributed by atoms with Gasteiger partial charge < -0.3 is 9.67 Å². The number of carbonyl (C=O) groups excluding carboxylic acids is 1. The second kappa shape index (κ2) is 6.82. The van der Waals surface area contributed by atoms with Gasteiger partial charge in [-0.1, -0.05) is 0 Å². The number of halogens is 3. The number of imidazole rings is 1. The van der Waals surface area contributed by atoms with Crippen LogP contribution >= 0.6 is 0 Å². The van der Waals surface area contributed by atoms with E-state index >= 15 is 0 Å². The Hall–Kier alpha value is -2.09. The molecule has 0 aliphatic heterocycles. The van der Waals surface area contributed by atoms with Gasteiger partial charge in [-0.25, -0.2) is 18.2 Å². The maximum Gasteiger partial charge on any atom is 0.229 e. The Morgan fingerprint density at radius 2 is 1.96 bits per heavy atom. The first kappa shape index (κ1) is 18.3. The molecule has 2 saturated carbocycles. The van der Waals surface area contributed by atoms with Crippen LogP contribution < -0.4 is 5.32 Å². The van der Waals surface area contributed by atoms with Crippen LogP contribution in [0.1, 0.15) is 56.0 Å². The minimum atomic E-state index is -2.35. The number of fused-ring (bicyclic) bond motifs is 1. The molecular formula is C19H22F3N3O2. The fourth-order valence-corrected chi connectivity index (χ4v) is 3.53. The molecule has 2 aliphatic rings. The number of carbonyl (C=O) groups is 1. The van der Waals surface area contributed by atoms with Crippen LogP contribution in [0, 0.1) is 5.82 Å². The molecule has 5 nitrogen and oxygen atoms in total. The Morgan fingerprint density at radius 1 is 1.26 bits per heavy atom. The van der Waals surface area contributed by atoms with Crippen molar-refractivity contribution >= 4 is 22.9 Å². The summed E-state index contributed by atoms with van der Waals surface area (Å²) in [6.45, 7) is -2.73. The molecule has 2 fully saturated rings. The molecule has 1 aromatic heterocycles. The number of hydrogen-bond acceptors (Lipinski definition) is 3. The molecule has 0 spiro atoms. The number of aliphatic hydroxyl groups is 1. The zero-order valence-corrected chi connectivity index (χ0v) is 14.9. The van der Waals surface area contributed by atoms with Crippen LogP contribution in [0.15, 0.2) is 12.1 Å². The Balaban J connectivity index is 1.69. The summed E-state index contributed by atoms with van der Waals surface area (Å²) >= 11 is 0. The van der Waals surface area contributed by atoms with Gasteiger partial charge >= 0.3 is 0 Å². The second-order valence-corrected chi connectivity index (χ2v) is 7.75. The highest BCUT2D eigenvalue weighted by molar-refractivity contribution is 5.92. The number of aromatic nitrogens is 2. The predicted octanol–water partition coefficient (Wildman–Crippen LogP) is 3.78. The minimum absolute atomic E-state index is 0.0976. The van der Waals surface area contributed by atoms with Crippen molar-refractivity contribution < 1.29 is 23.1 Å². The SMILES string of the molecule is O=C(CC(O)(CF)CF)Nc1nc2c(F)cc(C3CC3)cc2n1C1CCC1. The largest absolute Gasteiger partial charge is 0.384 e. The summed E-state index contributed by atoms with van der Waals surface area (Å²) in [5, 5.41) is 12.2. The Labute approximate surface area is 154 Å². The summed E-state index contributed by atoms with van der Waals surface area (Å²) < 4.78 is 42.1. The van der Waals surface area contributed by atoms with Gasteiger partial charge in [0, 0.05) is 6.04 Å². The molecule has 1 amide bonds. The van der Waals surface area contributed by atoms with E-state index in [1.54, 1.807) is 0 Å². The number of amides is 1. The Bertz CT molecular complexity index is 871. The lowest BCUT2D eigenvalue weighted by atomic mass is 9.92. The highest BCUT2D eigenvalue weighted by Gasteiger charge is 2.33. The van der Waals surface area contributed by atoms with E-state index in [4.69, 9.17) is 0 Å². The molecule has 1 aromatic carbocycles. The summed E-state index contributed by atoms with van der Waals surface area (Å²) in [5.74, 6) is -0.666. The molecule has 0 unspecified atom stereocenters. The number of benzene rings is 1.